The zero-order valence-corrected chi connectivity index (χ0v) is 14.7. The van der Waals surface area contributed by atoms with Crippen LogP contribution in [0, 0.1) is 12.8 Å². The topological polar surface area (TPSA) is 40.6 Å². The molecule has 1 saturated carbocycles. The van der Waals surface area contributed by atoms with Crippen LogP contribution in [0.1, 0.15) is 18.4 Å². The third kappa shape index (κ3) is 3.50. The first-order valence-electron chi connectivity index (χ1n) is 7.45. The first-order chi connectivity index (χ1) is 9.96. The van der Waals surface area contributed by atoms with Gasteiger partial charge in [0.25, 0.3) is 0 Å². The van der Waals surface area contributed by atoms with Crippen LogP contribution >= 0.6 is 15.9 Å². The summed E-state index contributed by atoms with van der Waals surface area (Å²) in [6.45, 7) is 5.97. The van der Waals surface area contributed by atoms with Gasteiger partial charge in [0.05, 0.1) is 4.90 Å². The molecule has 1 aliphatic carbocycles. The number of benzene rings is 1. The van der Waals surface area contributed by atoms with Crippen LogP contribution in [0.3, 0.4) is 0 Å². The van der Waals surface area contributed by atoms with Gasteiger partial charge in [-0.2, -0.15) is 4.31 Å². The van der Waals surface area contributed by atoms with Crippen molar-refractivity contribution in [2.24, 2.45) is 5.92 Å². The van der Waals surface area contributed by atoms with Crippen molar-refractivity contribution in [3.63, 3.8) is 0 Å². The molecular formula is C15H21BrN2O2S. The van der Waals surface area contributed by atoms with Crippen LogP contribution in [0.2, 0.25) is 0 Å². The average molecular weight is 373 g/mol. The molecule has 0 amide bonds. The Balaban J connectivity index is 1.68. The van der Waals surface area contributed by atoms with Crippen molar-refractivity contribution in [2.45, 2.75) is 24.7 Å². The predicted octanol–water partition coefficient (Wildman–Crippen LogP) is 2.47. The monoisotopic (exact) mass is 372 g/mol. The maximum absolute atomic E-state index is 12.7. The molecule has 1 saturated heterocycles. The molecule has 0 spiro atoms. The first kappa shape index (κ1) is 15.5. The lowest BCUT2D eigenvalue weighted by atomic mass is 10.2. The molecule has 116 valence electrons. The van der Waals surface area contributed by atoms with E-state index in [1.807, 2.05) is 13.0 Å². The molecule has 1 heterocycles. The van der Waals surface area contributed by atoms with Gasteiger partial charge in [-0.1, -0.05) is 15.9 Å². The quantitative estimate of drug-likeness (QED) is 0.814. The number of hydrogen-bond acceptors (Lipinski definition) is 3. The number of rotatable bonds is 4. The van der Waals surface area contributed by atoms with Gasteiger partial charge < -0.3 is 4.90 Å². The maximum Gasteiger partial charge on any atom is 0.243 e. The fraction of sp³-hybridized carbons (Fsp3) is 0.600. The van der Waals surface area contributed by atoms with Crippen molar-refractivity contribution < 1.29 is 8.42 Å². The number of halogens is 1. The van der Waals surface area contributed by atoms with Gasteiger partial charge in [-0.3, -0.25) is 0 Å². The minimum absolute atomic E-state index is 0.402. The summed E-state index contributed by atoms with van der Waals surface area (Å²) in [6, 6.07) is 5.24. The standard InChI is InChI=1S/C15H21BrN2O2S/c1-12-10-14(4-5-15(12)16)21(19,20)18-8-6-17(7-9-18)11-13-2-3-13/h4-5,10,13H,2-3,6-9,11H2,1H3. The van der Waals surface area contributed by atoms with E-state index in [9.17, 15) is 8.42 Å². The fourth-order valence-corrected chi connectivity index (χ4v) is 4.50. The van der Waals surface area contributed by atoms with Gasteiger partial charge in [-0.15, -0.1) is 0 Å². The Morgan fingerprint density at radius 1 is 1.19 bits per heavy atom. The van der Waals surface area contributed by atoms with Crippen molar-refractivity contribution in [3.8, 4) is 0 Å². The third-order valence-electron chi connectivity index (χ3n) is 4.31. The number of aryl methyl sites for hydroxylation is 1. The molecule has 0 radical (unpaired) electrons. The number of sulfonamides is 1. The lowest BCUT2D eigenvalue weighted by Gasteiger charge is -2.34. The smallest absolute Gasteiger partial charge is 0.243 e. The van der Waals surface area contributed by atoms with E-state index in [1.54, 1.807) is 16.4 Å². The van der Waals surface area contributed by atoms with Crippen LogP contribution < -0.4 is 0 Å². The number of hydrogen-bond donors (Lipinski definition) is 0. The van der Waals surface area contributed by atoms with Gasteiger partial charge in [0.15, 0.2) is 0 Å². The summed E-state index contributed by atoms with van der Waals surface area (Å²) < 4.78 is 27.9. The normalized spacial score (nSPS) is 21.6. The molecule has 6 heteroatoms. The average Bonchev–Trinajstić information content (AvgIpc) is 3.26. The maximum atomic E-state index is 12.7. The van der Waals surface area contributed by atoms with Crippen molar-refractivity contribution in [3.05, 3.63) is 28.2 Å². The van der Waals surface area contributed by atoms with Gasteiger partial charge in [0.1, 0.15) is 0 Å². The van der Waals surface area contributed by atoms with Gasteiger partial charge in [0.2, 0.25) is 10.0 Å². The number of piperazine rings is 1. The number of nitrogens with zero attached hydrogens (tertiary/aromatic N) is 2. The Bertz CT molecular complexity index is 621. The van der Waals surface area contributed by atoms with Crippen LogP contribution in [0.25, 0.3) is 0 Å². The van der Waals surface area contributed by atoms with E-state index < -0.39 is 10.0 Å². The second kappa shape index (κ2) is 5.99. The molecule has 2 aliphatic rings. The molecule has 2 fully saturated rings. The van der Waals surface area contributed by atoms with E-state index in [-0.39, 0.29) is 0 Å². The molecular weight excluding hydrogens is 352 g/mol. The third-order valence-corrected chi connectivity index (χ3v) is 7.10. The second-order valence-electron chi connectivity index (χ2n) is 6.06. The summed E-state index contributed by atoms with van der Waals surface area (Å²) in [5.74, 6) is 0.863. The summed E-state index contributed by atoms with van der Waals surface area (Å²) in [7, 11) is -3.35. The zero-order valence-electron chi connectivity index (χ0n) is 12.3. The zero-order chi connectivity index (χ0) is 15.0. The summed E-state index contributed by atoms with van der Waals surface area (Å²) >= 11 is 3.41. The fourth-order valence-electron chi connectivity index (χ4n) is 2.74. The molecule has 0 N–H and O–H groups in total. The van der Waals surface area contributed by atoms with E-state index >= 15 is 0 Å². The van der Waals surface area contributed by atoms with Gasteiger partial charge >= 0.3 is 0 Å². The summed E-state index contributed by atoms with van der Waals surface area (Å²) in [6.07, 6.45) is 2.69. The van der Waals surface area contributed by atoms with Crippen molar-refractivity contribution >= 4 is 26.0 Å². The predicted molar refractivity (Wildman–Crippen MR) is 86.8 cm³/mol. The highest BCUT2D eigenvalue weighted by atomic mass is 79.9. The largest absolute Gasteiger partial charge is 0.300 e. The van der Waals surface area contributed by atoms with Crippen LogP contribution in [-0.2, 0) is 10.0 Å². The van der Waals surface area contributed by atoms with E-state index in [4.69, 9.17) is 0 Å². The lowest BCUT2D eigenvalue weighted by Crippen LogP contribution is -2.49. The Kier molecular flexibility index (Phi) is 4.41. The molecule has 1 aromatic carbocycles. The SMILES string of the molecule is Cc1cc(S(=O)(=O)N2CCN(CC3CC3)CC2)ccc1Br. The molecule has 0 atom stereocenters. The van der Waals surface area contributed by atoms with Crippen molar-refractivity contribution in [1.29, 1.82) is 0 Å². The highest BCUT2D eigenvalue weighted by Crippen LogP contribution is 2.30. The minimum atomic E-state index is -3.35. The molecule has 21 heavy (non-hydrogen) atoms. The summed E-state index contributed by atoms with van der Waals surface area (Å²) in [5.41, 5.74) is 0.948. The van der Waals surface area contributed by atoms with E-state index in [0.717, 1.165) is 35.6 Å². The molecule has 0 unspecified atom stereocenters. The molecule has 4 nitrogen and oxygen atoms in total. The summed E-state index contributed by atoms with van der Waals surface area (Å²) in [4.78, 5) is 2.80. The molecule has 1 aliphatic heterocycles. The Hall–Kier alpha value is -0.430. The van der Waals surface area contributed by atoms with E-state index in [1.165, 1.54) is 12.8 Å². The van der Waals surface area contributed by atoms with Crippen LogP contribution in [0.4, 0.5) is 0 Å². The van der Waals surface area contributed by atoms with Crippen LogP contribution in [0.15, 0.2) is 27.6 Å². The molecule has 0 aromatic heterocycles. The van der Waals surface area contributed by atoms with Crippen LogP contribution in [0.5, 0.6) is 0 Å². The van der Waals surface area contributed by atoms with Gasteiger partial charge in [0, 0.05) is 37.2 Å². The highest BCUT2D eigenvalue weighted by Gasteiger charge is 2.31. The summed E-state index contributed by atoms with van der Waals surface area (Å²) in [5, 5.41) is 0. The van der Waals surface area contributed by atoms with E-state index in [2.05, 4.69) is 20.8 Å². The van der Waals surface area contributed by atoms with Crippen LogP contribution in [-0.4, -0.2) is 50.3 Å². The van der Waals surface area contributed by atoms with Crippen molar-refractivity contribution in [2.75, 3.05) is 32.7 Å². The Morgan fingerprint density at radius 3 is 2.43 bits per heavy atom. The Morgan fingerprint density at radius 2 is 1.86 bits per heavy atom. The lowest BCUT2D eigenvalue weighted by molar-refractivity contribution is 0.182. The Labute approximate surface area is 135 Å². The molecule has 1 aromatic rings. The van der Waals surface area contributed by atoms with Crippen molar-refractivity contribution in [1.82, 2.24) is 9.21 Å². The van der Waals surface area contributed by atoms with Gasteiger partial charge in [-0.25, -0.2) is 8.42 Å². The van der Waals surface area contributed by atoms with Gasteiger partial charge in [-0.05, 0) is 49.4 Å². The van der Waals surface area contributed by atoms with E-state index in [0.29, 0.717) is 18.0 Å². The molecule has 3 rings (SSSR count). The first-order valence-corrected chi connectivity index (χ1v) is 9.69. The highest BCUT2D eigenvalue weighted by molar-refractivity contribution is 9.10. The molecule has 0 bridgehead atoms. The second-order valence-corrected chi connectivity index (χ2v) is 8.85. The minimum Gasteiger partial charge on any atom is -0.300 e.